The van der Waals surface area contributed by atoms with Crippen LogP contribution in [0.2, 0.25) is 0 Å². The van der Waals surface area contributed by atoms with Gasteiger partial charge in [-0.2, -0.15) is 0 Å². The number of likely N-dealkylation sites (N-methyl/N-ethyl adjacent to an activating group) is 1. The first-order valence-electron chi connectivity index (χ1n) is 7.16. The molecule has 0 saturated carbocycles. The minimum Gasteiger partial charge on any atom is -0.314 e. The average molecular weight is 251 g/mol. The lowest BCUT2D eigenvalue weighted by molar-refractivity contribution is 0.373. The minimum atomic E-state index is 0.702. The van der Waals surface area contributed by atoms with Gasteiger partial charge in [-0.25, -0.2) is 0 Å². The van der Waals surface area contributed by atoms with E-state index >= 15 is 0 Å². The molecule has 0 saturated heterocycles. The van der Waals surface area contributed by atoms with Crippen molar-refractivity contribution in [1.29, 1.82) is 0 Å². The fourth-order valence-corrected chi connectivity index (χ4v) is 4.07. The second-order valence-electron chi connectivity index (χ2n) is 5.10. The molecular weight excluding hydrogens is 226 g/mol. The number of nitrogens with one attached hydrogen (secondary N) is 1. The number of hydrogen-bond acceptors (Lipinski definition) is 2. The van der Waals surface area contributed by atoms with Crippen molar-refractivity contribution >= 4 is 11.3 Å². The Hall–Kier alpha value is -0.340. The molecule has 0 radical (unpaired) electrons. The molecule has 0 amide bonds. The monoisotopic (exact) mass is 251 g/mol. The minimum absolute atomic E-state index is 0.702. The zero-order valence-electron chi connectivity index (χ0n) is 11.2. The van der Waals surface area contributed by atoms with Gasteiger partial charge >= 0.3 is 0 Å². The number of aryl methyl sites for hydroxylation is 1. The van der Waals surface area contributed by atoms with Crippen LogP contribution in [0.25, 0.3) is 0 Å². The SMILES string of the molecule is CCCCC(NCC)C1CCCc2sccc21. The van der Waals surface area contributed by atoms with Crippen molar-refractivity contribution < 1.29 is 0 Å². The highest BCUT2D eigenvalue weighted by Gasteiger charge is 2.27. The Kier molecular flexibility index (Phi) is 5.05. The highest BCUT2D eigenvalue weighted by Crippen LogP contribution is 2.38. The van der Waals surface area contributed by atoms with E-state index in [0.717, 1.165) is 12.5 Å². The molecule has 0 aliphatic heterocycles. The van der Waals surface area contributed by atoms with Crippen LogP contribution in [0.1, 0.15) is 62.3 Å². The second kappa shape index (κ2) is 6.55. The lowest BCUT2D eigenvalue weighted by Gasteiger charge is -2.31. The Balaban J connectivity index is 2.09. The van der Waals surface area contributed by atoms with Crippen molar-refractivity contribution in [2.45, 2.75) is 64.3 Å². The van der Waals surface area contributed by atoms with E-state index in [1.165, 1.54) is 38.5 Å². The molecule has 0 bridgehead atoms. The molecule has 1 aliphatic carbocycles. The number of rotatable bonds is 6. The summed E-state index contributed by atoms with van der Waals surface area (Å²) in [7, 11) is 0. The topological polar surface area (TPSA) is 12.0 Å². The van der Waals surface area contributed by atoms with Crippen LogP contribution in [-0.4, -0.2) is 12.6 Å². The van der Waals surface area contributed by atoms with Gasteiger partial charge in [0.1, 0.15) is 0 Å². The first-order chi connectivity index (χ1) is 8.36. The smallest absolute Gasteiger partial charge is 0.0136 e. The van der Waals surface area contributed by atoms with Gasteiger partial charge < -0.3 is 5.32 Å². The molecule has 2 atom stereocenters. The summed E-state index contributed by atoms with van der Waals surface area (Å²) in [5, 5.41) is 6.01. The summed E-state index contributed by atoms with van der Waals surface area (Å²) < 4.78 is 0. The highest BCUT2D eigenvalue weighted by molar-refractivity contribution is 7.10. The first kappa shape index (κ1) is 13.1. The lowest BCUT2D eigenvalue weighted by Crippen LogP contribution is -2.36. The first-order valence-corrected chi connectivity index (χ1v) is 8.04. The fraction of sp³-hybridized carbons (Fsp3) is 0.733. The molecule has 1 aromatic heterocycles. The Morgan fingerprint density at radius 1 is 1.47 bits per heavy atom. The second-order valence-corrected chi connectivity index (χ2v) is 6.10. The normalized spacial score (nSPS) is 21.2. The molecule has 17 heavy (non-hydrogen) atoms. The van der Waals surface area contributed by atoms with Gasteiger partial charge in [-0.3, -0.25) is 0 Å². The third-order valence-electron chi connectivity index (χ3n) is 3.92. The molecule has 96 valence electrons. The number of unbranched alkanes of at least 4 members (excludes halogenated alkanes) is 1. The van der Waals surface area contributed by atoms with Crippen LogP contribution in [0.3, 0.4) is 0 Å². The van der Waals surface area contributed by atoms with E-state index in [1.54, 1.807) is 10.4 Å². The van der Waals surface area contributed by atoms with Crippen molar-refractivity contribution in [3.63, 3.8) is 0 Å². The standard InChI is InChI=1S/C15H25NS/c1-3-5-8-14(16-4-2)12-7-6-9-15-13(12)10-11-17-15/h10-12,14,16H,3-9H2,1-2H3. The van der Waals surface area contributed by atoms with Crippen LogP contribution in [0.5, 0.6) is 0 Å². The van der Waals surface area contributed by atoms with Gasteiger partial charge in [0, 0.05) is 16.8 Å². The summed E-state index contributed by atoms with van der Waals surface area (Å²) in [5.74, 6) is 0.775. The maximum absolute atomic E-state index is 3.72. The summed E-state index contributed by atoms with van der Waals surface area (Å²) in [6.45, 7) is 5.63. The van der Waals surface area contributed by atoms with Gasteiger partial charge in [0.05, 0.1) is 0 Å². The predicted molar refractivity (Wildman–Crippen MR) is 77.0 cm³/mol. The van der Waals surface area contributed by atoms with Crippen LogP contribution in [0.4, 0.5) is 0 Å². The summed E-state index contributed by atoms with van der Waals surface area (Å²) in [5.41, 5.74) is 1.66. The van der Waals surface area contributed by atoms with E-state index in [0.29, 0.717) is 6.04 Å². The van der Waals surface area contributed by atoms with Crippen molar-refractivity contribution in [3.05, 3.63) is 21.9 Å². The Morgan fingerprint density at radius 3 is 3.12 bits per heavy atom. The molecule has 2 heteroatoms. The Labute approximate surface area is 110 Å². The van der Waals surface area contributed by atoms with Gasteiger partial charge in [-0.1, -0.05) is 26.7 Å². The number of thiophene rings is 1. The summed E-state index contributed by atoms with van der Waals surface area (Å²) >= 11 is 1.96. The zero-order chi connectivity index (χ0) is 12.1. The van der Waals surface area contributed by atoms with Crippen LogP contribution in [0.15, 0.2) is 11.4 Å². The molecule has 0 spiro atoms. The summed E-state index contributed by atoms with van der Waals surface area (Å²) in [4.78, 5) is 1.65. The van der Waals surface area contributed by atoms with Crippen molar-refractivity contribution in [2.24, 2.45) is 0 Å². The van der Waals surface area contributed by atoms with Crippen LogP contribution in [0, 0.1) is 0 Å². The molecule has 1 aliphatic rings. The largest absolute Gasteiger partial charge is 0.314 e. The summed E-state index contributed by atoms with van der Waals surface area (Å²) in [6.07, 6.45) is 8.08. The lowest BCUT2D eigenvalue weighted by atomic mass is 9.80. The molecular formula is C15H25NS. The van der Waals surface area contributed by atoms with Gasteiger partial charge in [-0.05, 0) is 49.2 Å². The molecule has 1 aromatic rings. The predicted octanol–water partition coefficient (Wildman–Crippen LogP) is 4.34. The molecule has 1 nitrogen and oxygen atoms in total. The molecule has 1 N–H and O–H groups in total. The molecule has 1 heterocycles. The van der Waals surface area contributed by atoms with E-state index in [1.807, 2.05) is 11.3 Å². The van der Waals surface area contributed by atoms with Crippen molar-refractivity contribution in [2.75, 3.05) is 6.54 Å². The number of hydrogen-bond donors (Lipinski definition) is 1. The van der Waals surface area contributed by atoms with E-state index in [-0.39, 0.29) is 0 Å². The zero-order valence-corrected chi connectivity index (χ0v) is 12.0. The third kappa shape index (κ3) is 3.11. The average Bonchev–Trinajstić information content (AvgIpc) is 2.82. The maximum atomic E-state index is 3.72. The fourth-order valence-electron chi connectivity index (χ4n) is 3.07. The molecule has 0 fully saturated rings. The van der Waals surface area contributed by atoms with Gasteiger partial charge in [0.25, 0.3) is 0 Å². The van der Waals surface area contributed by atoms with Crippen molar-refractivity contribution in [1.82, 2.24) is 5.32 Å². The summed E-state index contributed by atoms with van der Waals surface area (Å²) in [6, 6.07) is 3.08. The van der Waals surface area contributed by atoms with E-state index in [9.17, 15) is 0 Å². The van der Waals surface area contributed by atoms with Gasteiger partial charge in [0.2, 0.25) is 0 Å². The quantitative estimate of drug-likeness (QED) is 0.793. The molecule has 0 aromatic carbocycles. The van der Waals surface area contributed by atoms with E-state index in [2.05, 4.69) is 30.6 Å². The Morgan fingerprint density at radius 2 is 2.35 bits per heavy atom. The van der Waals surface area contributed by atoms with Crippen LogP contribution < -0.4 is 5.32 Å². The van der Waals surface area contributed by atoms with Gasteiger partial charge in [0.15, 0.2) is 0 Å². The van der Waals surface area contributed by atoms with E-state index in [4.69, 9.17) is 0 Å². The maximum Gasteiger partial charge on any atom is 0.0136 e. The highest BCUT2D eigenvalue weighted by atomic mass is 32.1. The van der Waals surface area contributed by atoms with Crippen LogP contribution in [-0.2, 0) is 6.42 Å². The van der Waals surface area contributed by atoms with Crippen LogP contribution >= 0.6 is 11.3 Å². The van der Waals surface area contributed by atoms with Gasteiger partial charge in [-0.15, -0.1) is 11.3 Å². The third-order valence-corrected chi connectivity index (χ3v) is 4.92. The van der Waals surface area contributed by atoms with E-state index < -0.39 is 0 Å². The van der Waals surface area contributed by atoms with Crippen molar-refractivity contribution in [3.8, 4) is 0 Å². The molecule has 2 unspecified atom stereocenters. The Bertz CT molecular complexity index is 331. The number of fused-ring (bicyclic) bond motifs is 1. The molecule has 2 rings (SSSR count).